The summed E-state index contributed by atoms with van der Waals surface area (Å²) in [6.07, 6.45) is 5.49. The van der Waals surface area contributed by atoms with Gasteiger partial charge in [0.15, 0.2) is 14.6 Å². The third kappa shape index (κ3) is 3.92. The van der Waals surface area contributed by atoms with Gasteiger partial charge in [-0.3, -0.25) is 4.79 Å². The highest BCUT2D eigenvalue weighted by molar-refractivity contribution is 7.93. The zero-order valence-electron chi connectivity index (χ0n) is 15.0. The first-order chi connectivity index (χ1) is 12.5. The molecule has 144 valence electrons. The number of carbonyl (C=O) groups excluding carboxylic acids is 1. The first-order valence-corrected chi connectivity index (χ1v) is 11.3. The molecule has 7 heteroatoms. The molecule has 0 bridgehead atoms. The molecule has 0 spiro atoms. The lowest BCUT2D eigenvalue weighted by Gasteiger charge is -2.28. The van der Waals surface area contributed by atoms with E-state index in [-0.39, 0.29) is 10.8 Å². The maximum atomic E-state index is 13.3. The lowest BCUT2D eigenvalue weighted by molar-refractivity contribution is -0.123. The Bertz CT molecular complexity index is 722. The van der Waals surface area contributed by atoms with Crippen LogP contribution in [0.1, 0.15) is 44.9 Å². The standard InChI is InChI=1S/C19H27ClN2O3S/c20-16-5-7-17(8-6-16)26(24,25)19(10-1-2-11-19)18(23)22-13-9-15-4-3-12-21-14-15/h5-8,15,21H,1-4,9-14H2,(H,22,23). The number of sulfone groups is 1. The van der Waals surface area contributed by atoms with E-state index in [1.54, 1.807) is 12.1 Å². The fourth-order valence-corrected chi connectivity index (χ4v) is 6.34. The van der Waals surface area contributed by atoms with Gasteiger partial charge in [-0.25, -0.2) is 8.42 Å². The minimum Gasteiger partial charge on any atom is -0.355 e. The summed E-state index contributed by atoms with van der Waals surface area (Å²) < 4.78 is 25.2. The second-order valence-electron chi connectivity index (χ2n) is 7.42. The van der Waals surface area contributed by atoms with Crippen molar-refractivity contribution in [1.29, 1.82) is 0 Å². The molecule has 2 aliphatic rings. The van der Waals surface area contributed by atoms with Crippen LogP contribution < -0.4 is 10.6 Å². The predicted molar refractivity (Wildman–Crippen MR) is 103 cm³/mol. The van der Waals surface area contributed by atoms with Crippen molar-refractivity contribution in [2.45, 2.75) is 54.6 Å². The van der Waals surface area contributed by atoms with Crippen LogP contribution >= 0.6 is 11.6 Å². The fourth-order valence-electron chi connectivity index (χ4n) is 4.12. The van der Waals surface area contributed by atoms with Gasteiger partial charge < -0.3 is 10.6 Å². The monoisotopic (exact) mass is 398 g/mol. The van der Waals surface area contributed by atoms with Crippen LogP contribution in [0.3, 0.4) is 0 Å². The van der Waals surface area contributed by atoms with Gasteiger partial charge in [0.1, 0.15) is 0 Å². The van der Waals surface area contributed by atoms with Crippen LogP contribution in [-0.4, -0.2) is 38.7 Å². The Hall–Kier alpha value is -1.11. The third-order valence-corrected chi connectivity index (χ3v) is 8.47. The normalized spacial score (nSPS) is 22.9. The van der Waals surface area contributed by atoms with Crippen LogP contribution in [0.15, 0.2) is 29.2 Å². The Labute approximate surface area is 160 Å². The molecule has 1 atom stereocenters. The summed E-state index contributed by atoms with van der Waals surface area (Å²) in [5, 5.41) is 6.78. The molecule has 1 unspecified atom stereocenters. The van der Waals surface area contributed by atoms with Gasteiger partial charge in [-0.05, 0) is 75.4 Å². The topological polar surface area (TPSA) is 75.3 Å². The number of rotatable bonds is 6. The Morgan fingerprint density at radius 3 is 2.50 bits per heavy atom. The molecule has 1 aliphatic heterocycles. The molecule has 1 saturated carbocycles. The van der Waals surface area contributed by atoms with E-state index in [9.17, 15) is 13.2 Å². The van der Waals surface area contributed by atoms with Crippen molar-refractivity contribution >= 4 is 27.3 Å². The molecule has 2 N–H and O–H groups in total. The highest BCUT2D eigenvalue weighted by Gasteiger charge is 2.52. The fraction of sp³-hybridized carbons (Fsp3) is 0.632. The smallest absolute Gasteiger partial charge is 0.241 e. The van der Waals surface area contributed by atoms with Gasteiger partial charge in [0.25, 0.3) is 0 Å². The van der Waals surface area contributed by atoms with Crippen molar-refractivity contribution in [3.8, 4) is 0 Å². The van der Waals surface area contributed by atoms with E-state index in [1.807, 2.05) is 0 Å². The van der Waals surface area contributed by atoms with E-state index < -0.39 is 14.6 Å². The van der Waals surface area contributed by atoms with Crippen LogP contribution in [-0.2, 0) is 14.6 Å². The largest absolute Gasteiger partial charge is 0.355 e. The Balaban J connectivity index is 1.72. The predicted octanol–water partition coefficient (Wildman–Crippen LogP) is 2.93. The second-order valence-corrected chi connectivity index (χ2v) is 10.1. The second kappa shape index (κ2) is 8.28. The average Bonchev–Trinajstić information content (AvgIpc) is 3.15. The van der Waals surface area contributed by atoms with E-state index in [1.165, 1.54) is 12.1 Å². The van der Waals surface area contributed by atoms with Crippen LogP contribution in [0.4, 0.5) is 0 Å². The molecule has 1 aromatic rings. The quantitative estimate of drug-likeness (QED) is 0.772. The number of benzene rings is 1. The summed E-state index contributed by atoms with van der Waals surface area (Å²) in [5.74, 6) is 0.213. The van der Waals surface area contributed by atoms with E-state index in [4.69, 9.17) is 11.6 Å². The third-order valence-electron chi connectivity index (χ3n) is 5.70. The Morgan fingerprint density at radius 2 is 1.88 bits per heavy atom. The zero-order valence-corrected chi connectivity index (χ0v) is 16.5. The zero-order chi connectivity index (χ0) is 18.6. The van der Waals surface area contributed by atoms with Crippen LogP contribution in [0, 0.1) is 5.92 Å². The van der Waals surface area contributed by atoms with E-state index in [2.05, 4.69) is 10.6 Å². The van der Waals surface area contributed by atoms with Gasteiger partial charge in [-0.15, -0.1) is 0 Å². The molecule has 1 amide bonds. The van der Waals surface area contributed by atoms with Gasteiger partial charge in [0.2, 0.25) is 5.91 Å². The Kier molecular flexibility index (Phi) is 6.25. The van der Waals surface area contributed by atoms with Crippen molar-refractivity contribution < 1.29 is 13.2 Å². The minimum absolute atomic E-state index is 0.176. The number of hydrogen-bond donors (Lipinski definition) is 2. The average molecular weight is 399 g/mol. The molecule has 0 radical (unpaired) electrons. The van der Waals surface area contributed by atoms with Crippen molar-refractivity contribution in [1.82, 2.24) is 10.6 Å². The Morgan fingerprint density at radius 1 is 1.19 bits per heavy atom. The summed E-state index contributed by atoms with van der Waals surface area (Å²) in [5.41, 5.74) is 0. The van der Waals surface area contributed by atoms with Gasteiger partial charge in [-0.1, -0.05) is 24.4 Å². The molecule has 0 aromatic heterocycles. The molecule has 1 aromatic carbocycles. The van der Waals surface area contributed by atoms with Crippen molar-refractivity contribution in [3.05, 3.63) is 29.3 Å². The highest BCUT2D eigenvalue weighted by Crippen LogP contribution is 2.41. The first-order valence-electron chi connectivity index (χ1n) is 9.45. The number of halogens is 1. The molecule has 2 fully saturated rings. The summed E-state index contributed by atoms with van der Waals surface area (Å²) in [6, 6.07) is 6.12. The molecule has 1 aliphatic carbocycles. The number of nitrogens with one attached hydrogen (secondary N) is 2. The number of amides is 1. The summed E-state index contributed by atoms with van der Waals surface area (Å²) in [6.45, 7) is 2.57. The van der Waals surface area contributed by atoms with E-state index in [0.29, 0.717) is 30.3 Å². The number of carbonyl (C=O) groups is 1. The molecule has 1 heterocycles. The molecule has 5 nitrogen and oxygen atoms in total. The van der Waals surface area contributed by atoms with Gasteiger partial charge >= 0.3 is 0 Å². The van der Waals surface area contributed by atoms with Gasteiger partial charge in [-0.2, -0.15) is 0 Å². The molecule has 3 rings (SSSR count). The van der Waals surface area contributed by atoms with Crippen LogP contribution in [0.5, 0.6) is 0 Å². The summed E-state index contributed by atoms with van der Waals surface area (Å²) in [7, 11) is -3.75. The maximum absolute atomic E-state index is 13.3. The number of hydrogen-bond acceptors (Lipinski definition) is 4. The van der Waals surface area contributed by atoms with Crippen LogP contribution in [0.25, 0.3) is 0 Å². The van der Waals surface area contributed by atoms with Crippen LogP contribution in [0.2, 0.25) is 5.02 Å². The van der Waals surface area contributed by atoms with E-state index in [0.717, 1.165) is 45.2 Å². The minimum atomic E-state index is -3.75. The molecule has 26 heavy (non-hydrogen) atoms. The first kappa shape index (κ1) is 19.6. The molecular weight excluding hydrogens is 372 g/mol. The molecular formula is C19H27ClN2O3S. The van der Waals surface area contributed by atoms with Crippen molar-refractivity contribution in [2.24, 2.45) is 5.92 Å². The van der Waals surface area contributed by atoms with E-state index >= 15 is 0 Å². The van der Waals surface area contributed by atoms with Crippen molar-refractivity contribution in [2.75, 3.05) is 19.6 Å². The SMILES string of the molecule is O=C(NCCC1CCCNC1)C1(S(=O)(=O)c2ccc(Cl)cc2)CCCC1. The summed E-state index contributed by atoms with van der Waals surface area (Å²) >= 11 is 5.88. The van der Waals surface area contributed by atoms with Gasteiger partial charge in [0, 0.05) is 11.6 Å². The molecule has 1 saturated heterocycles. The lowest BCUT2D eigenvalue weighted by atomic mass is 9.96. The van der Waals surface area contributed by atoms with Gasteiger partial charge in [0.05, 0.1) is 4.90 Å². The lowest BCUT2D eigenvalue weighted by Crippen LogP contribution is -2.51. The van der Waals surface area contributed by atoms with Crippen molar-refractivity contribution in [3.63, 3.8) is 0 Å². The number of piperidine rings is 1. The highest BCUT2D eigenvalue weighted by atomic mass is 35.5. The maximum Gasteiger partial charge on any atom is 0.241 e. The summed E-state index contributed by atoms with van der Waals surface area (Å²) in [4.78, 5) is 13.1.